The van der Waals surface area contributed by atoms with Crippen molar-refractivity contribution >= 4 is 29.9 Å². The fourth-order valence-electron chi connectivity index (χ4n) is 2.50. The molecule has 0 aliphatic carbocycles. The molecular weight excluding hydrogens is 445 g/mol. The summed E-state index contributed by atoms with van der Waals surface area (Å²) in [5.74, 6) is 3.26. The fourth-order valence-corrected chi connectivity index (χ4v) is 2.50. The highest BCUT2D eigenvalue weighted by atomic mass is 127. The third kappa shape index (κ3) is 5.98. The van der Waals surface area contributed by atoms with E-state index in [2.05, 4.69) is 21.7 Å². The molecule has 1 aliphatic heterocycles. The third-order valence-corrected chi connectivity index (χ3v) is 3.77. The summed E-state index contributed by atoms with van der Waals surface area (Å²) in [4.78, 5) is 4.22. The van der Waals surface area contributed by atoms with Crippen LogP contribution in [0.2, 0.25) is 0 Å². The molecule has 0 bridgehead atoms. The molecule has 26 heavy (non-hydrogen) atoms. The monoisotopic (exact) mass is 469 g/mol. The van der Waals surface area contributed by atoms with Crippen molar-refractivity contribution in [2.24, 2.45) is 4.99 Å². The Labute approximate surface area is 171 Å². The van der Waals surface area contributed by atoms with Gasteiger partial charge in [0.05, 0.1) is 6.54 Å². The summed E-state index contributed by atoms with van der Waals surface area (Å²) < 4.78 is 16.4. The van der Waals surface area contributed by atoms with Crippen molar-refractivity contribution in [1.82, 2.24) is 10.6 Å². The van der Waals surface area contributed by atoms with Crippen LogP contribution >= 0.6 is 24.0 Å². The predicted molar refractivity (Wildman–Crippen MR) is 113 cm³/mol. The number of hydrogen-bond acceptors (Lipinski definition) is 4. The maximum atomic E-state index is 5.65. The van der Waals surface area contributed by atoms with Crippen molar-refractivity contribution in [1.29, 1.82) is 0 Å². The van der Waals surface area contributed by atoms with Crippen molar-refractivity contribution in [2.45, 2.75) is 6.42 Å². The first-order chi connectivity index (χ1) is 12.3. The van der Waals surface area contributed by atoms with Gasteiger partial charge in [0.2, 0.25) is 6.79 Å². The first-order valence-electron chi connectivity index (χ1n) is 8.36. The van der Waals surface area contributed by atoms with Gasteiger partial charge in [0.15, 0.2) is 17.5 Å². The SMILES string of the molecule is CN=C(NCCOc1ccccc1)NCCc1ccc2c(c1)OCO2.I. The summed E-state index contributed by atoms with van der Waals surface area (Å²) in [7, 11) is 1.76. The Hall–Kier alpha value is -2.16. The quantitative estimate of drug-likeness (QED) is 0.283. The number of para-hydroxylation sites is 1. The number of nitrogens with one attached hydrogen (secondary N) is 2. The van der Waals surface area contributed by atoms with Crippen LogP contribution in [-0.2, 0) is 6.42 Å². The summed E-state index contributed by atoms with van der Waals surface area (Å²) in [6.45, 7) is 2.34. The van der Waals surface area contributed by atoms with Crippen molar-refractivity contribution in [3.05, 3.63) is 54.1 Å². The fraction of sp³-hybridized carbons (Fsp3) is 0.316. The molecule has 2 N–H and O–H groups in total. The van der Waals surface area contributed by atoms with E-state index in [4.69, 9.17) is 14.2 Å². The Balaban J connectivity index is 0.00000243. The predicted octanol–water partition coefficient (Wildman–Crippen LogP) is 2.82. The largest absolute Gasteiger partial charge is 0.492 e. The minimum Gasteiger partial charge on any atom is -0.492 e. The highest BCUT2D eigenvalue weighted by Gasteiger charge is 2.12. The van der Waals surface area contributed by atoms with Gasteiger partial charge in [-0.2, -0.15) is 0 Å². The van der Waals surface area contributed by atoms with Gasteiger partial charge in [-0.3, -0.25) is 4.99 Å². The maximum Gasteiger partial charge on any atom is 0.231 e. The summed E-state index contributed by atoms with van der Waals surface area (Å²) in [6.07, 6.45) is 0.873. The number of rotatable bonds is 7. The second-order valence-corrected chi connectivity index (χ2v) is 5.52. The Bertz CT molecular complexity index is 710. The standard InChI is InChI=1S/C19H23N3O3.HI/c1-20-19(22-11-12-23-16-5-3-2-4-6-16)21-10-9-15-7-8-17-18(13-15)25-14-24-17;/h2-8,13H,9-12,14H2,1H3,(H2,20,21,22);1H. The van der Waals surface area contributed by atoms with Crippen molar-refractivity contribution in [3.63, 3.8) is 0 Å². The molecule has 0 aromatic heterocycles. The first-order valence-corrected chi connectivity index (χ1v) is 8.36. The summed E-state index contributed by atoms with van der Waals surface area (Å²) in [6, 6.07) is 15.8. The average molecular weight is 469 g/mol. The van der Waals surface area contributed by atoms with Gasteiger partial charge in [-0.1, -0.05) is 24.3 Å². The summed E-state index contributed by atoms with van der Waals surface area (Å²) >= 11 is 0. The van der Waals surface area contributed by atoms with E-state index in [1.165, 1.54) is 5.56 Å². The number of guanidine groups is 1. The topological polar surface area (TPSA) is 64.1 Å². The zero-order valence-electron chi connectivity index (χ0n) is 14.7. The number of halogens is 1. The van der Waals surface area contributed by atoms with Crippen LogP contribution in [0.5, 0.6) is 17.2 Å². The molecule has 0 saturated heterocycles. The van der Waals surface area contributed by atoms with Crippen molar-refractivity contribution in [3.8, 4) is 17.2 Å². The van der Waals surface area contributed by atoms with E-state index in [1.807, 2.05) is 42.5 Å². The number of fused-ring (bicyclic) bond motifs is 1. The van der Waals surface area contributed by atoms with Gasteiger partial charge in [-0.05, 0) is 36.2 Å². The minimum absolute atomic E-state index is 0. The summed E-state index contributed by atoms with van der Waals surface area (Å²) in [5.41, 5.74) is 1.19. The molecule has 2 aromatic carbocycles. The van der Waals surface area contributed by atoms with E-state index >= 15 is 0 Å². The Morgan fingerprint density at radius 2 is 1.81 bits per heavy atom. The molecule has 0 amide bonds. The number of hydrogen-bond donors (Lipinski definition) is 2. The van der Waals surface area contributed by atoms with Crippen LogP contribution in [0.15, 0.2) is 53.5 Å². The molecule has 2 aromatic rings. The number of ether oxygens (including phenoxy) is 3. The normalized spacial score (nSPS) is 12.3. The Morgan fingerprint density at radius 3 is 2.62 bits per heavy atom. The van der Waals surface area contributed by atoms with Crippen LogP contribution in [-0.4, -0.2) is 39.5 Å². The molecule has 1 aliphatic rings. The lowest BCUT2D eigenvalue weighted by molar-refractivity contribution is 0.174. The van der Waals surface area contributed by atoms with Crippen LogP contribution in [0, 0.1) is 0 Å². The van der Waals surface area contributed by atoms with Crippen molar-refractivity contribution < 1.29 is 14.2 Å². The smallest absolute Gasteiger partial charge is 0.231 e. The van der Waals surface area contributed by atoms with E-state index in [0.717, 1.165) is 36.2 Å². The van der Waals surface area contributed by atoms with Gasteiger partial charge in [0.25, 0.3) is 0 Å². The first kappa shape index (κ1) is 20.2. The second-order valence-electron chi connectivity index (χ2n) is 5.52. The van der Waals surface area contributed by atoms with E-state index in [9.17, 15) is 0 Å². The maximum absolute atomic E-state index is 5.65. The molecule has 0 spiro atoms. The molecule has 0 fully saturated rings. The molecule has 0 radical (unpaired) electrons. The van der Waals surface area contributed by atoms with E-state index in [1.54, 1.807) is 7.05 Å². The minimum atomic E-state index is 0. The lowest BCUT2D eigenvalue weighted by atomic mass is 10.1. The van der Waals surface area contributed by atoms with Crippen LogP contribution in [0.1, 0.15) is 5.56 Å². The van der Waals surface area contributed by atoms with Gasteiger partial charge in [-0.15, -0.1) is 24.0 Å². The molecule has 0 atom stereocenters. The van der Waals surface area contributed by atoms with Crippen molar-refractivity contribution in [2.75, 3.05) is 33.5 Å². The molecule has 6 nitrogen and oxygen atoms in total. The van der Waals surface area contributed by atoms with E-state index in [0.29, 0.717) is 19.9 Å². The molecule has 3 rings (SSSR count). The Morgan fingerprint density at radius 1 is 1.04 bits per heavy atom. The van der Waals surface area contributed by atoms with Crippen LogP contribution in [0.3, 0.4) is 0 Å². The third-order valence-electron chi connectivity index (χ3n) is 3.77. The zero-order valence-corrected chi connectivity index (χ0v) is 17.1. The zero-order chi connectivity index (χ0) is 17.3. The average Bonchev–Trinajstić information content (AvgIpc) is 3.12. The van der Waals surface area contributed by atoms with Crippen LogP contribution in [0.25, 0.3) is 0 Å². The number of nitrogens with zero attached hydrogens (tertiary/aromatic N) is 1. The Kier molecular flexibility index (Phi) is 8.33. The highest BCUT2D eigenvalue weighted by molar-refractivity contribution is 14.0. The lowest BCUT2D eigenvalue weighted by Gasteiger charge is -2.12. The molecule has 7 heteroatoms. The summed E-state index contributed by atoms with van der Waals surface area (Å²) in [5, 5.41) is 6.53. The number of aliphatic imine (C=N–C) groups is 1. The lowest BCUT2D eigenvalue weighted by Crippen LogP contribution is -2.40. The van der Waals surface area contributed by atoms with Gasteiger partial charge >= 0.3 is 0 Å². The molecule has 140 valence electrons. The van der Waals surface area contributed by atoms with E-state index < -0.39 is 0 Å². The molecular formula is C19H24IN3O3. The van der Waals surface area contributed by atoms with Gasteiger partial charge in [-0.25, -0.2) is 0 Å². The van der Waals surface area contributed by atoms with Gasteiger partial charge in [0.1, 0.15) is 12.4 Å². The molecule has 0 saturated carbocycles. The van der Waals surface area contributed by atoms with Crippen LogP contribution in [0.4, 0.5) is 0 Å². The molecule has 1 heterocycles. The molecule has 0 unspecified atom stereocenters. The van der Waals surface area contributed by atoms with Gasteiger partial charge < -0.3 is 24.8 Å². The van der Waals surface area contributed by atoms with Crippen LogP contribution < -0.4 is 24.8 Å². The number of benzene rings is 2. The van der Waals surface area contributed by atoms with E-state index in [-0.39, 0.29) is 24.0 Å². The highest BCUT2D eigenvalue weighted by Crippen LogP contribution is 2.32. The van der Waals surface area contributed by atoms with Gasteiger partial charge in [0, 0.05) is 13.6 Å². The second kappa shape index (κ2) is 10.7.